The number of hydrogen-bond acceptors (Lipinski definition) is 12. The zero-order valence-electron chi connectivity index (χ0n) is 25.0. The number of nitrogens with two attached hydrogens (primary N) is 1. The fourth-order valence-corrected chi connectivity index (χ4v) is 5.10. The first kappa shape index (κ1) is 36.5. The van der Waals surface area contributed by atoms with E-state index in [0.717, 1.165) is 49.5 Å². The Balaban J connectivity index is 0.000000182. The molecular formula is C30H21Br2ClF2N8O6. The number of nitrogens with zero attached hydrogens (tertiary/aromatic N) is 6. The molecule has 14 nitrogen and oxygen atoms in total. The maximum absolute atomic E-state index is 13.7. The molecule has 0 atom stereocenters. The molecule has 4 aromatic carbocycles. The maximum Gasteiger partial charge on any atom is 0.307 e. The van der Waals surface area contributed by atoms with Gasteiger partial charge >= 0.3 is 11.4 Å². The van der Waals surface area contributed by atoms with Crippen LogP contribution in [0.1, 0.15) is 0 Å². The van der Waals surface area contributed by atoms with Crippen molar-refractivity contribution in [2.75, 3.05) is 25.3 Å². The second kappa shape index (κ2) is 16.2. The van der Waals surface area contributed by atoms with Crippen molar-refractivity contribution in [3.63, 3.8) is 0 Å². The molecule has 0 unspecified atom stereocenters. The minimum Gasteiger partial charge on any atom is -0.494 e. The monoisotopic (exact) mass is 820 g/mol. The van der Waals surface area contributed by atoms with Crippen LogP contribution in [-0.4, -0.2) is 44.0 Å². The van der Waals surface area contributed by atoms with Crippen molar-refractivity contribution in [2.45, 2.75) is 0 Å². The average Bonchev–Trinajstić information content (AvgIpc) is 3.07. The van der Waals surface area contributed by atoms with Gasteiger partial charge < -0.3 is 20.5 Å². The number of aromatic nitrogens is 4. The Kier molecular flexibility index (Phi) is 12.1. The zero-order chi connectivity index (χ0) is 35.8. The number of benzene rings is 4. The molecule has 0 bridgehead atoms. The summed E-state index contributed by atoms with van der Waals surface area (Å²) in [5.74, 6) is -1.55. The summed E-state index contributed by atoms with van der Waals surface area (Å²) in [5, 5.41) is 26.1. The van der Waals surface area contributed by atoms with Gasteiger partial charge in [0.15, 0.2) is 0 Å². The highest BCUT2D eigenvalue weighted by atomic mass is 79.9. The number of nitro groups is 2. The van der Waals surface area contributed by atoms with Gasteiger partial charge in [-0.25, -0.2) is 19.9 Å². The third kappa shape index (κ3) is 8.98. The summed E-state index contributed by atoms with van der Waals surface area (Å²) in [4.78, 5) is 36.0. The number of fused-ring (bicyclic) bond motifs is 2. The third-order valence-electron chi connectivity index (χ3n) is 6.30. The Bertz CT molecular complexity index is 2200. The van der Waals surface area contributed by atoms with Crippen LogP contribution in [0.2, 0.25) is 5.28 Å². The molecule has 252 valence electrons. The Hall–Kier alpha value is -5.33. The number of nitro benzene ring substituents is 2. The SMILES string of the molecule is COc1cc(F)c([N+](=O)[O-])cc1N.COc1cc(F)c([N+](=O)[O-])cc1Nc1ncc2cccc(Br)c2n1.Clc1ncc2cccc(Br)c2n1. The number of hydrogen-bond donors (Lipinski definition) is 2. The van der Waals surface area contributed by atoms with E-state index in [-0.39, 0.29) is 34.1 Å². The van der Waals surface area contributed by atoms with Crippen LogP contribution in [-0.2, 0) is 0 Å². The molecule has 0 spiro atoms. The van der Waals surface area contributed by atoms with Gasteiger partial charge in [0.1, 0.15) is 11.5 Å². The predicted molar refractivity (Wildman–Crippen MR) is 186 cm³/mol. The van der Waals surface area contributed by atoms with Crippen molar-refractivity contribution in [2.24, 2.45) is 0 Å². The van der Waals surface area contributed by atoms with Crippen LogP contribution in [0.5, 0.6) is 11.5 Å². The van der Waals surface area contributed by atoms with E-state index >= 15 is 0 Å². The van der Waals surface area contributed by atoms with Gasteiger partial charge in [0, 0.05) is 56.4 Å². The molecule has 0 saturated carbocycles. The van der Waals surface area contributed by atoms with Crippen molar-refractivity contribution in [3.8, 4) is 11.5 Å². The Morgan fingerprint density at radius 2 is 1.31 bits per heavy atom. The molecule has 0 saturated heterocycles. The molecule has 2 heterocycles. The van der Waals surface area contributed by atoms with E-state index in [0.29, 0.717) is 5.52 Å². The molecule has 0 aliphatic carbocycles. The van der Waals surface area contributed by atoms with Crippen LogP contribution >= 0.6 is 43.5 Å². The summed E-state index contributed by atoms with van der Waals surface area (Å²) in [6, 6.07) is 15.1. The molecule has 0 radical (unpaired) electrons. The number of anilines is 3. The summed E-state index contributed by atoms with van der Waals surface area (Å²) < 4.78 is 38.0. The lowest BCUT2D eigenvalue weighted by atomic mass is 10.2. The molecule has 6 aromatic rings. The molecule has 6 rings (SSSR count). The predicted octanol–water partition coefficient (Wildman–Crippen LogP) is 8.56. The van der Waals surface area contributed by atoms with Gasteiger partial charge in [-0.15, -0.1) is 0 Å². The topological polar surface area (TPSA) is 194 Å². The van der Waals surface area contributed by atoms with Crippen molar-refractivity contribution >= 4 is 94.0 Å². The van der Waals surface area contributed by atoms with Crippen LogP contribution in [0, 0.1) is 31.9 Å². The van der Waals surface area contributed by atoms with Crippen LogP contribution in [0.4, 0.5) is 37.5 Å². The molecule has 0 fully saturated rings. The van der Waals surface area contributed by atoms with E-state index in [1.165, 1.54) is 14.2 Å². The van der Waals surface area contributed by atoms with Gasteiger partial charge in [0.25, 0.3) is 0 Å². The van der Waals surface area contributed by atoms with Crippen molar-refractivity contribution in [3.05, 3.63) is 119 Å². The first-order chi connectivity index (χ1) is 23.3. The lowest BCUT2D eigenvalue weighted by molar-refractivity contribution is -0.387. The van der Waals surface area contributed by atoms with Crippen molar-refractivity contribution in [1.29, 1.82) is 0 Å². The number of ether oxygens (including phenoxy) is 2. The van der Waals surface area contributed by atoms with Gasteiger partial charge in [-0.1, -0.05) is 24.3 Å². The van der Waals surface area contributed by atoms with Crippen LogP contribution in [0.3, 0.4) is 0 Å². The molecule has 0 amide bonds. The second-order valence-electron chi connectivity index (χ2n) is 9.38. The standard InChI is InChI=1S/C15H10BrFN4O3.C8H4BrClN2.C7H7FN2O3/c1-24-13-5-10(17)12(21(22)23)6-11(13)19-15-18-7-8-3-2-4-9(16)14(8)20-15;9-6-3-1-2-5-4-11-8(10)12-7(5)6;1-13-7-2-4(8)6(10(11)12)3-5(7)9/h2-7H,1H3,(H,18,19,20);1-4H;2-3H,9H2,1H3. The lowest BCUT2D eigenvalue weighted by Crippen LogP contribution is -2.02. The van der Waals surface area contributed by atoms with Crippen LogP contribution < -0.4 is 20.5 Å². The average molecular weight is 823 g/mol. The zero-order valence-corrected chi connectivity index (χ0v) is 29.0. The minimum absolute atomic E-state index is 0.0376. The van der Waals surface area contributed by atoms with Crippen molar-refractivity contribution in [1.82, 2.24) is 19.9 Å². The van der Waals surface area contributed by atoms with Gasteiger partial charge in [-0.05, 0) is 55.6 Å². The van der Waals surface area contributed by atoms with E-state index in [9.17, 15) is 29.0 Å². The highest BCUT2D eigenvalue weighted by Crippen LogP contribution is 2.34. The molecule has 3 N–H and O–H groups in total. The fourth-order valence-electron chi connectivity index (χ4n) is 4.02. The van der Waals surface area contributed by atoms with Gasteiger partial charge in [0.05, 0.1) is 46.5 Å². The second-order valence-corrected chi connectivity index (χ2v) is 11.4. The highest BCUT2D eigenvalue weighted by molar-refractivity contribution is 9.11. The first-order valence-electron chi connectivity index (χ1n) is 13.4. The Morgan fingerprint density at radius 1 is 0.796 bits per heavy atom. The van der Waals surface area contributed by atoms with Gasteiger partial charge in [-0.3, -0.25) is 20.2 Å². The third-order valence-corrected chi connectivity index (χ3v) is 7.76. The first-order valence-corrected chi connectivity index (χ1v) is 15.3. The Labute approximate surface area is 296 Å². The number of halogens is 5. The van der Waals surface area contributed by atoms with E-state index < -0.39 is 32.9 Å². The molecule has 49 heavy (non-hydrogen) atoms. The Morgan fingerprint density at radius 3 is 1.86 bits per heavy atom. The van der Waals surface area contributed by atoms with E-state index in [2.05, 4.69) is 61.8 Å². The maximum atomic E-state index is 13.7. The highest BCUT2D eigenvalue weighted by Gasteiger charge is 2.20. The van der Waals surface area contributed by atoms with E-state index in [1.807, 2.05) is 36.4 Å². The van der Waals surface area contributed by atoms with Crippen LogP contribution in [0.25, 0.3) is 21.8 Å². The summed E-state index contributed by atoms with van der Waals surface area (Å²) in [6.45, 7) is 0. The number of methoxy groups -OCH3 is 2. The minimum atomic E-state index is -0.982. The molecule has 0 aliphatic heterocycles. The summed E-state index contributed by atoms with van der Waals surface area (Å²) in [6.07, 6.45) is 3.31. The van der Waals surface area contributed by atoms with Gasteiger partial charge in [-0.2, -0.15) is 8.78 Å². The van der Waals surface area contributed by atoms with Crippen molar-refractivity contribution < 1.29 is 28.1 Å². The normalized spacial score (nSPS) is 10.3. The smallest absolute Gasteiger partial charge is 0.307 e. The molecule has 2 aromatic heterocycles. The number of para-hydroxylation sites is 2. The number of nitrogen functional groups attached to an aromatic ring is 1. The van der Waals surface area contributed by atoms with Crippen LogP contribution in [0.15, 0.2) is 82.0 Å². The fraction of sp³-hybridized carbons (Fsp3) is 0.0667. The summed E-state index contributed by atoms with van der Waals surface area (Å²) >= 11 is 12.4. The summed E-state index contributed by atoms with van der Waals surface area (Å²) in [7, 11) is 2.64. The van der Waals surface area contributed by atoms with Gasteiger partial charge in [0.2, 0.25) is 22.9 Å². The number of rotatable bonds is 6. The summed E-state index contributed by atoms with van der Waals surface area (Å²) in [5.41, 5.74) is 5.77. The molecule has 0 aliphatic rings. The lowest BCUT2D eigenvalue weighted by Gasteiger charge is -2.11. The van der Waals surface area contributed by atoms with E-state index in [1.54, 1.807) is 12.4 Å². The molecular weight excluding hydrogens is 802 g/mol. The largest absolute Gasteiger partial charge is 0.494 e. The molecule has 19 heteroatoms. The quantitative estimate of drug-likeness (QED) is 0.0704. The van der Waals surface area contributed by atoms with E-state index in [4.69, 9.17) is 22.1 Å². The number of nitrogens with one attached hydrogen (secondary N) is 1.